The van der Waals surface area contributed by atoms with Crippen molar-refractivity contribution in [2.24, 2.45) is 0 Å². The highest BCUT2D eigenvalue weighted by molar-refractivity contribution is 7.98. The Morgan fingerprint density at radius 3 is 2.50 bits per heavy atom. The molecule has 0 amide bonds. The number of thioether (sulfide) groups is 1. The van der Waals surface area contributed by atoms with Gasteiger partial charge in [0.1, 0.15) is 23.1 Å². The molecule has 0 aliphatic heterocycles. The van der Waals surface area contributed by atoms with Crippen molar-refractivity contribution in [2.75, 3.05) is 20.8 Å². The number of rotatable bonds is 9. The molecular weight excluding hydrogens is 430 g/mol. The van der Waals surface area contributed by atoms with Crippen LogP contribution >= 0.6 is 11.8 Å². The lowest BCUT2D eigenvalue weighted by molar-refractivity contribution is 0.340. The van der Waals surface area contributed by atoms with E-state index in [4.69, 9.17) is 18.7 Å². The van der Waals surface area contributed by atoms with Crippen molar-refractivity contribution >= 4 is 11.8 Å². The summed E-state index contributed by atoms with van der Waals surface area (Å²) in [7, 11) is 3.19. The van der Waals surface area contributed by atoms with E-state index in [1.165, 1.54) is 11.8 Å². The molecule has 0 N–H and O–H groups in total. The van der Waals surface area contributed by atoms with Crippen LogP contribution in [0.25, 0.3) is 17.1 Å². The minimum atomic E-state index is 0.445. The zero-order chi connectivity index (χ0) is 22.5. The van der Waals surface area contributed by atoms with Crippen LogP contribution in [0.2, 0.25) is 0 Å². The Labute approximate surface area is 189 Å². The fraction of sp³-hybridized carbons (Fsp3) is 0.273. The molecule has 0 fully saturated rings. The maximum Gasteiger partial charge on any atom is 0.237 e. The van der Waals surface area contributed by atoms with Gasteiger partial charge in [0.15, 0.2) is 5.16 Å². The van der Waals surface area contributed by atoms with Gasteiger partial charge in [0.25, 0.3) is 0 Å². The van der Waals surface area contributed by atoms with Gasteiger partial charge >= 0.3 is 0 Å². The van der Waals surface area contributed by atoms with Gasteiger partial charge in [0.05, 0.1) is 32.1 Å². The molecule has 0 bridgehead atoms. The first kappa shape index (κ1) is 21.7. The molecule has 4 rings (SSSR count). The number of hydrogen-bond donors (Lipinski definition) is 0. The Balaban J connectivity index is 1.51. The summed E-state index contributed by atoms with van der Waals surface area (Å²) in [6.07, 6.45) is 0. The Morgan fingerprint density at radius 2 is 1.78 bits per heavy atom. The van der Waals surface area contributed by atoms with Gasteiger partial charge in [0, 0.05) is 11.8 Å². The average Bonchev–Trinajstić information content (AvgIpc) is 3.44. The predicted molar refractivity (Wildman–Crippen MR) is 120 cm³/mol. The third-order valence-electron chi connectivity index (χ3n) is 4.64. The molecule has 0 saturated carbocycles. The minimum absolute atomic E-state index is 0.445. The SMILES string of the molecule is CCOc1ccc(-n2c(C)nnc2SCc2nc(-c3ccc(OC)cc3OC)no2)cc1. The summed E-state index contributed by atoms with van der Waals surface area (Å²) in [4.78, 5) is 4.51. The average molecular weight is 454 g/mol. The van der Waals surface area contributed by atoms with E-state index in [9.17, 15) is 0 Å². The molecule has 0 atom stereocenters. The first-order valence-corrected chi connectivity index (χ1v) is 10.9. The van der Waals surface area contributed by atoms with Gasteiger partial charge in [-0.1, -0.05) is 16.9 Å². The summed E-state index contributed by atoms with van der Waals surface area (Å²) >= 11 is 1.47. The minimum Gasteiger partial charge on any atom is -0.497 e. The van der Waals surface area contributed by atoms with Crippen LogP contribution < -0.4 is 14.2 Å². The molecular formula is C22H23N5O4S. The fourth-order valence-electron chi connectivity index (χ4n) is 3.12. The van der Waals surface area contributed by atoms with Crippen LogP contribution in [0.3, 0.4) is 0 Å². The molecule has 10 heteroatoms. The van der Waals surface area contributed by atoms with Crippen LogP contribution in [0.4, 0.5) is 0 Å². The lowest BCUT2D eigenvalue weighted by atomic mass is 10.2. The molecule has 0 radical (unpaired) electrons. The molecule has 0 aliphatic rings. The van der Waals surface area contributed by atoms with E-state index in [1.54, 1.807) is 20.3 Å². The van der Waals surface area contributed by atoms with Gasteiger partial charge in [-0.2, -0.15) is 4.98 Å². The first-order chi connectivity index (χ1) is 15.6. The second-order valence-electron chi connectivity index (χ2n) is 6.66. The molecule has 0 saturated heterocycles. The standard InChI is InChI=1S/C22H23N5O4S/c1-5-30-16-8-6-15(7-9-16)27-14(2)24-25-22(27)32-13-20-23-21(26-31-20)18-11-10-17(28-3)12-19(18)29-4/h6-12H,5,13H2,1-4H3. The summed E-state index contributed by atoms with van der Waals surface area (Å²) in [6.45, 7) is 4.50. The quantitative estimate of drug-likeness (QED) is 0.343. The zero-order valence-corrected chi connectivity index (χ0v) is 19.0. The van der Waals surface area contributed by atoms with Gasteiger partial charge in [0.2, 0.25) is 11.7 Å². The van der Waals surface area contributed by atoms with Crippen LogP contribution in [0.1, 0.15) is 18.6 Å². The highest BCUT2D eigenvalue weighted by Gasteiger charge is 2.17. The number of aromatic nitrogens is 5. The van der Waals surface area contributed by atoms with Crippen molar-refractivity contribution in [3.05, 3.63) is 54.2 Å². The maximum absolute atomic E-state index is 5.52. The van der Waals surface area contributed by atoms with E-state index < -0.39 is 0 Å². The highest BCUT2D eigenvalue weighted by Crippen LogP contribution is 2.32. The van der Waals surface area contributed by atoms with Crippen LogP contribution in [0, 0.1) is 6.92 Å². The van der Waals surface area contributed by atoms with Gasteiger partial charge in [-0.3, -0.25) is 4.57 Å². The molecule has 2 aromatic carbocycles. The monoisotopic (exact) mass is 453 g/mol. The number of nitrogens with zero attached hydrogens (tertiary/aromatic N) is 5. The first-order valence-electron chi connectivity index (χ1n) is 9.96. The maximum atomic E-state index is 5.52. The lowest BCUT2D eigenvalue weighted by Gasteiger charge is -2.09. The van der Waals surface area contributed by atoms with Gasteiger partial charge < -0.3 is 18.7 Å². The van der Waals surface area contributed by atoms with Gasteiger partial charge in [-0.25, -0.2) is 0 Å². The molecule has 4 aromatic rings. The normalized spacial score (nSPS) is 10.9. The second-order valence-corrected chi connectivity index (χ2v) is 7.60. The number of methoxy groups -OCH3 is 2. The van der Waals surface area contributed by atoms with Crippen LogP contribution in [-0.2, 0) is 5.75 Å². The molecule has 0 unspecified atom stereocenters. The molecule has 2 aromatic heterocycles. The smallest absolute Gasteiger partial charge is 0.237 e. The Kier molecular flexibility index (Phi) is 6.60. The summed E-state index contributed by atoms with van der Waals surface area (Å²) in [5.41, 5.74) is 1.68. The van der Waals surface area contributed by atoms with Crippen molar-refractivity contribution in [1.29, 1.82) is 0 Å². The fourth-order valence-corrected chi connectivity index (χ4v) is 3.96. The number of hydrogen-bond acceptors (Lipinski definition) is 9. The highest BCUT2D eigenvalue weighted by atomic mass is 32.2. The lowest BCUT2D eigenvalue weighted by Crippen LogP contribution is -2.00. The molecule has 32 heavy (non-hydrogen) atoms. The van der Waals surface area contributed by atoms with Crippen molar-refractivity contribution in [3.8, 4) is 34.3 Å². The van der Waals surface area contributed by atoms with Crippen molar-refractivity contribution in [1.82, 2.24) is 24.9 Å². The molecule has 2 heterocycles. The third-order valence-corrected chi connectivity index (χ3v) is 5.56. The van der Waals surface area contributed by atoms with Gasteiger partial charge in [-0.05, 0) is 50.2 Å². The Hall–Kier alpha value is -3.53. The summed E-state index contributed by atoms with van der Waals surface area (Å²) in [6, 6.07) is 13.3. The topological polar surface area (TPSA) is 97.3 Å². The van der Waals surface area contributed by atoms with Crippen LogP contribution in [0.15, 0.2) is 52.1 Å². The van der Waals surface area contributed by atoms with E-state index in [0.29, 0.717) is 35.6 Å². The Bertz CT molecular complexity index is 1190. The third kappa shape index (κ3) is 4.54. The second kappa shape index (κ2) is 9.73. The van der Waals surface area contributed by atoms with E-state index in [1.807, 2.05) is 54.8 Å². The van der Waals surface area contributed by atoms with Crippen LogP contribution in [0.5, 0.6) is 17.2 Å². The van der Waals surface area contributed by atoms with E-state index in [-0.39, 0.29) is 0 Å². The predicted octanol–water partition coefficient (Wildman–Crippen LogP) is 4.33. The van der Waals surface area contributed by atoms with Crippen molar-refractivity contribution < 1.29 is 18.7 Å². The number of aryl methyl sites for hydroxylation is 1. The summed E-state index contributed by atoms with van der Waals surface area (Å²) in [5.74, 6) is 4.27. The summed E-state index contributed by atoms with van der Waals surface area (Å²) in [5, 5.41) is 13.3. The van der Waals surface area contributed by atoms with E-state index >= 15 is 0 Å². The summed E-state index contributed by atoms with van der Waals surface area (Å²) < 4.78 is 23.6. The van der Waals surface area contributed by atoms with Gasteiger partial charge in [-0.15, -0.1) is 10.2 Å². The number of benzene rings is 2. The van der Waals surface area contributed by atoms with Crippen molar-refractivity contribution in [2.45, 2.75) is 24.8 Å². The van der Waals surface area contributed by atoms with E-state index in [0.717, 1.165) is 28.0 Å². The molecule has 9 nitrogen and oxygen atoms in total. The zero-order valence-electron chi connectivity index (χ0n) is 18.2. The number of ether oxygens (including phenoxy) is 3. The van der Waals surface area contributed by atoms with E-state index in [2.05, 4.69) is 20.3 Å². The largest absolute Gasteiger partial charge is 0.497 e. The molecule has 0 aliphatic carbocycles. The van der Waals surface area contributed by atoms with Crippen LogP contribution in [-0.4, -0.2) is 45.7 Å². The Morgan fingerprint density at radius 1 is 1.00 bits per heavy atom. The molecule has 166 valence electrons. The van der Waals surface area contributed by atoms with Crippen molar-refractivity contribution in [3.63, 3.8) is 0 Å². The molecule has 0 spiro atoms.